The summed E-state index contributed by atoms with van der Waals surface area (Å²) >= 11 is 0. The van der Waals surface area contributed by atoms with E-state index in [1.54, 1.807) is 6.92 Å². The van der Waals surface area contributed by atoms with Gasteiger partial charge in [0.1, 0.15) is 0 Å². The molecule has 0 radical (unpaired) electrons. The zero-order valence-electron chi connectivity index (χ0n) is 8.38. The summed E-state index contributed by atoms with van der Waals surface area (Å²) in [4.78, 5) is 11.1. The van der Waals surface area contributed by atoms with Crippen LogP contribution in [0.1, 0.15) is 39.0 Å². The third-order valence-electron chi connectivity index (χ3n) is 2.70. The van der Waals surface area contributed by atoms with E-state index in [1.807, 2.05) is 0 Å². The van der Waals surface area contributed by atoms with Gasteiger partial charge in [0.15, 0.2) is 0 Å². The van der Waals surface area contributed by atoms with Crippen LogP contribution < -0.4 is 11.1 Å². The number of nitrogens with one attached hydrogen (secondary N) is 1. The lowest BCUT2D eigenvalue weighted by molar-refractivity contribution is -0.122. The lowest BCUT2D eigenvalue weighted by Crippen LogP contribution is -2.40. The van der Waals surface area contributed by atoms with Gasteiger partial charge >= 0.3 is 0 Å². The zero-order valence-corrected chi connectivity index (χ0v) is 8.38. The van der Waals surface area contributed by atoms with Gasteiger partial charge in [0.25, 0.3) is 0 Å². The first-order chi connectivity index (χ1) is 6.20. The highest BCUT2D eigenvalue weighted by atomic mass is 16.2. The van der Waals surface area contributed by atoms with Crippen LogP contribution in [0.15, 0.2) is 0 Å². The number of hydrogen-bond donors (Lipinski definition) is 2. The summed E-state index contributed by atoms with van der Waals surface area (Å²) in [6, 6.07) is -0.372. The summed E-state index contributed by atoms with van der Waals surface area (Å²) in [5, 5.41) is 2.89. The van der Waals surface area contributed by atoms with Crippen molar-refractivity contribution in [3.63, 3.8) is 0 Å². The van der Waals surface area contributed by atoms with Crippen LogP contribution in [-0.2, 0) is 4.79 Å². The molecule has 1 aliphatic rings. The molecule has 13 heavy (non-hydrogen) atoms. The maximum absolute atomic E-state index is 11.1. The molecule has 1 aliphatic carbocycles. The van der Waals surface area contributed by atoms with Crippen molar-refractivity contribution in [3.8, 4) is 0 Å². The van der Waals surface area contributed by atoms with E-state index in [4.69, 9.17) is 5.73 Å². The summed E-state index contributed by atoms with van der Waals surface area (Å²) in [7, 11) is 0. The number of hydrogen-bond acceptors (Lipinski definition) is 2. The van der Waals surface area contributed by atoms with Gasteiger partial charge in [-0.2, -0.15) is 0 Å². The molecule has 1 amide bonds. The topological polar surface area (TPSA) is 55.1 Å². The number of rotatable bonds is 3. The molecule has 1 saturated carbocycles. The highest BCUT2D eigenvalue weighted by Crippen LogP contribution is 2.22. The van der Waals surface area contributed by atoms with Crippen molar-refractivity contribution in [3.05, 3.63) is 0 Å². The Morgan fingerprint density at radius 1 is 1.46 bits per heavy atom. The van der Waals surface area contributed by atoms with Gasteiger partial charge < -0.3 is 11.1 Å². The van der Waals surface area contributed by atoms with Crippen LogP contribution in [0.5, 0.6) is 0 Å². The predicted octanol–water partition coefficient (Wildman–Crippen LogP) is 1.03. The largest absolute Gasteiger partial charge is 0.354 e. The fourth-order valence-electron chi connectivity index (χ4n) is 1.80. The fraction of sp³-hybridized carbons (Fsp3) is 0.900. The highest BCUT2D eigenvalue weighted by Gasteiger charge is 2.15. The van der Waals surface area contributed by atoms with Crippen LogP contribution in [-0.4, -0.2) is 18.5 Å². The Balaban J connectivity index is 2.13. The van der Waals surface area contributed by atoms with Gasteiger partial charge in [0.2, 0.25) is 5.91 Å². The minimum Gasteiger partial charge on any atom is -0.354 e. The molecule has 0 spiro atoms. The van der Waals surface area contributed by atoms with Crippen molar-refractivity contribution in [2.24, 2.45) is 11.7 Å². The van der Waals surface area contributed by atoms with Gasteiger partial charge in [0, 0.05) is 6.54 Å². The Hall–Kier alpha value is -0.570. The lowest BCUT2D eigenvalue weighted by Gasteiger charge is -2.22. The standard InChI is InChI=1S/C10H20N2O/c1-8(11)10(13)12-7-9-5-3-2-4-6-9/h8-9H,2-7,11H2,1H3,(H,12,13)/t8-/m0/s1. The van der Waals surface area contributed by atoms with Crippen LogP contribution in [0.4, 0.5) is 0 Å². The molecule has 0 saturated heterocycles. The fourth-order valence-corrected chi connectivity index (χ4v) is 1.80. The second-order valence-electron chi connectivity index (χ2n) is 4.04. The molecule has 0 aromatic carbocycles. The van der Waals surface area contributed by atoms with Crippen molar-refractivity contribution in [1.29, 1.82) is 0 Å². The van der Waals surface area contributed by atoms with E-state index in [2.05, 4.69) is 5.32 Å². The van der Waals surface area contributed by atoms with E-state index >= 15 is 0 Å². The Labute approximate surface area is 80.1 Å². The monoisotopic (exact) mass is 184 g/mol. The average molecular weight is 184 g/mol. The van der Waals surface area contributed by atoms with E-state index < -0.39 is 0 Å². The van der Waals surface area contributed by atoms with Gasteiger partial charge in [0.05, 0.1) is 6.04 Å². The summed E-state index contributed by atoms with van der Waals surface area (Å²) in [5.74, 6) is 0.669. The molecule has 3 N–H and O–H groups in total. The van der Waals surface area contributed by atoms with Crippen LogP contribution >= 0.6 is 0 Å². The van der Waals surface area contributed by atoms with E-state index in [9.17, 15) is 4.79 Å². The molecular formula is C10H20N2O. The van der Waals surface area contributed by atoms with Gasteiger partial charge in [-0.3, -0.25) is 4.79 Å². The highest BCUT2D eigenvalue weighted by molar-refractivity contribution is 5.80. The average Bonchev–Trinajstić information content (AvgIpc) is 2.15. The maximum atomic E-state index is 11.1. The number of amides is 1. The van der Waals surface area contributed by atoms with Crippen LogP contribution in [0.3, 0.4) is 0 Å². The molecule has 0 aromatic heterocycles. The number of nitrogens with two attached hydrogens (primary N) is 1. The first kappa shape index (κ1) is 10.5. The Kier molecular flexibility index (Phi) is 4.22. The normalized spacial score (nSPS) is 21.1. The molecule has 0 aliphatic heterocycles. The first-order valence-electron chi connectivity index (χ1n) is 5.23. The van der Waals surface area contributed by atoms with Gasteiger partial charge in [-0.25, -0.2) is 0 Å². The second kappa shape index (κ2) is 5.22. The van der Waals surface area contributed by atoms with Gasteiger partial charge in [-0.15, -0.1) is 0 Å². The third kappa shape index (κ3) is 3.77. The van der Waals surface area contributed by atoms with E-state index in [0.717, 1.165) is 6.54 Å². The lowest BCUT2D eigenvalue weighted by atomic mass is 9.89. The van der Waals surface area contributed by atoms with Crippen molar-refractivity contribution >= 4 is 5.91 Å². The van der Waals surface area contributed by atoms with Gasteiger partial charge in [-0.05, 0) is 25.7 Å². The minimum atomic E-state index is -0.372. The molecule has 1 atom stereocenters. The van der Waals surface area contributed by atoms with E-state index in [0.29, 0.717) is 5.92 Å². The summed E-state index contributed by atoms with van der Waals surface area (Å²) in [6.07, 6.45) is 6.52. The second-order valence-corrected chi connectivity index (χ2v) is 4.04. The molecule has 3 heteroatoms. The van der Waals surface area contributed by atoms with Crippen LogP contribution in [0.2, 0.25) is 0 Å². The third-order valence-corrected chi connectivity index (χ3v) is 2.70. The summed E-state index contributed by atoms with van der Waals surface area (Å²) in [5.41, 5.74) is 5.44. The molecule has 0 heterocycles. The quantitative estimate of drug-likeness (QED) is 0.688. The minimum absolute atomic E-state index is 0.0226. The molecule has 0 aromatic rings. The number of carbonyl (C=O) groups is 1. The van der Waals surface area contributed by atoms with Crippen molar-refractivity contribution in [2.75, 3.05) is 6.54 Å². The Morgan fingerprint density at radius 2 is 2.08 bits per heavy atom. The smallest absolute Gasteiger partial charge is 0.236 e. The van der Waals surface area contributed by atoms with E-state index in [-0.39, 0.29) is 11.9 Å². The van der Waals surface area contributed by atoms with E-state index in [1.165, 1.54) is 32.1 Å². The molecular weight excluding hydrogens is 164 g/mol. The maximum Gasteiger partial charge on any atom is 0.236 e. The van der Waals surface area contributed by atoms with Crippen LogP contribution in [0.25, 0.3) is 0 Å². The SMILES string of the molecule is C[C@H](N)C(=O)NCC1CCCCC1. The first-order valence-corrected chi connectivity index (χ1v) is 5.23. The zero-order chi connectivity index (χ0) is 9.68. The molecule has 3 nitrogen and oxygen atoms in total. The summed E-state index contributed by atoms with van der Waals surface area (Å²) in [6.45, 7) is 2.54. The molecule has 1 fully saturated rings. The van der Waals surface area contributed by atoms with Gasteiger partial charge in [-0.1, -0.05) is 19.3 Å². The van der Waals surface area contributed by atoms with Crippen LogP contribution in [0, 0.1) is 5.92 Å². The molecule has 0 bridgehead atoms. The number of carbonyl (C=O) groups excluding carboxylic acids is 1. The van der Waals surface area contributed by atoms with Crippen molar-refractivity contribution in [1.82, 2.24) is 5.32 Å². The molecule has 0 unspecified atom stereocenters. The Bertz CT molecular complexity index is 162. The van der Waals surface area contributed by atoms with Crippen molar-refractivity contribution in [2.45, 2.75) is 45.1 Å². The molecule has 1 rings (SSSR count). The predicted molar refractivity (Wildman–Crippen MR) is 53.2 cm³/mol. The Morgan fingerprint density at radius 3 is 2.62 bits per heavy atom. The van der Waals surface area contributed by atoms with Crippen molar-refractivity contribution < 1.29 is 4.79 Å². The summed E-state index contributed by atoms with van der Waals surface area (Å²) < 4.78 is 0. The molecule has 76 valence electrons.